The minimum Gasteiger partial charge on any atom is -0.204 e. The van der Waals surface area contributed by atoms with Crippen LogP contribution in [0.25, 0.3) is 0 Å². The highest BCUT2D eigenvalue weighted by molar-refractivity contribution is 5.24. The van der Waals surface area contributed by atoms with Gasteiger partial charge in [-0.3, -0.25) is 0 Å². The second-order valence-electron chi connectivity index (χ2n) is 3.41. The maximum atomic E-state index is 12.7. The molecule has 84 valence electrons. The SMILES string of the molecule is CCc1cccc(CC(F)(F)C(F)F)c1. The minimum absolute atomic E-state index is 0.250. The Bertz CT molecular complexity index is 320. The van der Waals surface area contributed by atoms with E-state index in [1.807, 2.05) is 6.92 Å². The molecule has 0 saturated heterocycles. The summed E-state index contributed by atoms with van der Waals surface area (Å²) >= 11 is 0. The van der Waals surface area contributed by atoms with Crippen molar-refractivity contribution >= 4 is 0 Å². The Morgan fingerprint density at radius 2 is 1.80 bits per heavy atom. The maximum Gasteiger partial charge on any atom is 0.311 e. The van der Waals surface area contributed by atoms with E-state index in [9.17, 15) is 17.6 Å². The molecule has 0 atom stereocenters. The number of aryl methyl sites for hydroxylation is 1. The maximum absolute atomic E-state index is 12.7. The standard InChI is InChI=1S/C11H12F4/c1-2-8-4-3-5-9(6-8)7-11(14,15)10(12)13/h3-6,10H,2,7H2,1H3. The number of hydrogen-bond donors (Lipinski definition) is 0. The van der Waals surface area contributed by atoms with Crippen LogP contribution in [0, 0.1) is 0 Å². The molecule has 0 radical (unpaired) electrons. The van der Waals surface area contributed by atoms with Gasteiger partial charge >= 0.3 is 12.3 Å². The Balaban J connectivity index is 2.80. The summed E-state index contributed by atoms with van der Waals surface area (Å²) in [6.45, 7) is 1.88. The number of halogens is 4. The first-order valence-corrected chi connectivity index (χ1v) is 4.69. The Labute approximate surface area is 85.9 Å². The summed E-state index contributed by atoms with van der Waals surface area (Å²) in [5, 5.41) is 0. The van der Waals surface area contributed by atoms with E-state index in [4.69, 9.17) is 0 Å². The lowest BCUT2D eigenvalue weighted by Gasteiger charge is -2.15. The molecular weight excluding hydrogens is 208 g/mol. The smallest absolute Gasteiger partial charge is 0.204 e. The molecule has 0 aliphatic carbocycles. The Kier molecular flexibility index (Phi) is 3.72. The molecule has 0 spiro atoms. The van der Waals surface area contributed by atoms with Crippen LogP contribution >= 0.6 is 0 Å². The molecule has 0 fully saturated rings. The van der Waals surface area contributed by atoms with E-state index < -0.39 is 18.8 Å². The summed E-state index contributed by atoms with van der Waals surface area (Å²) in [5.74, 6) is -3.94. The van der Waals surface area contributed by atoms with Crippen LogP contribution in [-0.4, -0.2) is 12.3 Å². The van der Waals surface area contributed by atoms with Crippen molar-refractivity contribution in [2.45, 2.75) is 32.1 Å². The molecule has 15 heavy (non-hydrogen) atoms. The summed E-state index contributed by atoms with van der Waals surface area (Å²) in [5.41, 5.74) is 1.12. The largest absolute Gasteiger partial charge is 0.311 e. The molecular formula is C11H12F4. The zero-order chi connectivity index (χ0) is 11.5. The number of rotatable bonds is 4. The highest BCUT2D eigenvalue weighted by Gasteiger charge is 2.40. The third-order valence-electron chi connectivity index (χ3n) is 2.16. The zero-order valence-electron chi connectivity index (χ0n) is 8.31. The summed E-state index contributed by atoms with van der Waals surface area (Å²) < 4.78 is 49.3. The van der Waals surface area contributed by atoms with Crippen molar-refractivity contribution in [1.82, 2.24) is 0 Å². The molecule has 1 rings (SSSR count). The molecule has 0 saturated carbocycles. The number of hydrogen-bond acceptors (Lipinski definition) is 0. The van der Waals surface area contributed by atoms with Crippen LogP contribution in [0.15, 0.2) is 24.3 Å². The lowest BCUT2D eigenvalue weighted by atomic mass is 10.0. The van der Waals surface area contributed by atoms with Crippen molar-refractivity contribution in [2.24, 2.45) is 0 Å². The van der Waals surface area contributed by atoms with Gasteiger partial charge in [0.05, 0.1) is 0 Å². The normalized spacial score (nSPS) is 12.1. The van der Waals surface area contributed by atoms with Crippen LogP contribution in [0.3, 0.4) is 0 Å². The van der Waals surface area contributed by atoms with Gasteiger partial charge in [-0.15, -0.1) is 0 Å². The first-order valence-electron chi connectivity index (χ1n) is 4.69. The van der Waals surface area contributed by atoms with Gasteiger partial charge in [-0.2, -0.15) is 8.78 Å². The van der Waals surface area contributed by atoms with Gasteiger partial charge in [-0.25, -0.2) is 8.78 Å². The van der Waals surface area contributed by atoms with Gasteiger partial charge in [0.2, 0.25) is 0 Å². The second-order valence-corrected chi connectivity index (χ2v) is 3.41. The van der Waals surface area contributed by atoms with E-state index in [-0.39, 0.29) is 5.56 Å². The molecule has 0 aromatic heterocycles. The molecule has 1 aromatic carbocycles. The molecule has 0 nitrogen and oxygen atoms in total. The first kappa shape index (κ1) is 12.0. The average molecular weight is 220 g/mol. The number of benzene rings is 1. The van der Waals surface area contributed by atoms with Crippen molar-refractivity contribution in [2.75, 3.05) is 0 Å². The van der Waals surface area contributed by atoms with Crippen molar-refractivity contribution in [3.05, 3.63) is 35.4 Å². The van der Waals surface area contributed by atoms with Crippen molar-refractivity contribution in [1.29, 1.82) is 0 Å². The Morgan fingerprint density at radius 1 is 1.20 bits per heavy atom. The van der Waals surface area contributed by atoms with E-state index in [2.05, 4.69) is 0 Å². The van der Waals surface area contributed by atoms with Crippen LogP contribution in [0.4, 0.5) is 17.6 Å². The number of alkyl halides is 4. The van der Waals surface area contributed by atoms with Gasteiger partial charge in [0.25, 0.3) is 0 Å². The predicted molar refractivity (Wildman–Crippen MR) is 50.5 cm³/mol. The average Bonchev–Trinajstić information content (AvgIpc) is 2.17. The summed E-state index contributed by atoms with van der Waals surface area (Å²) in [7, 11) is 0. The molecule has 0 aliphatic rings. The molecule has 0 heterocycles. The van der Waals surface area contributed by atoms with Gasteiger partial charge in [0, 0.05) is 6.42 Å². The van der Waals surface area contributed by atoms with Gasteiger partial charge in [-0.05, 0) is 17.5 Å². The molecule has 0 amide bonds. The summed E-state index contributed by atoms with van der Waals surface area (Å²) in [6.07, 6.45) is -3.81. The topological polar surface area (TPSA) is 0 Å². The second kappa shape index (κ2) is 4.64. The van der Waals surface area contributed by atoms with E-state index >= 15 is 0 Å². The monoisotopic (exact) mass is 220 g/mol. The molecule has 0 bridgehead atoms. The minimum atomic E-state index is -3.94. The molecule has 1 aromatic rings. The van der Waals surface area contributed by atoms with Crippen molar-refractivity contribution in [3.63, 3.8) is 0 Å². The van der Waals surface area contributed by atoms with Crippen LogP contribution in [0.5, 0.6) is 0 Å². The highest BCUT2D eigenvalue weighted by atomic mass is 19.3. The van der Waals surface area contributed by atoms with Crippen LogP contribution in [0.2, 0.25) is 0 Å². The Morgan fingerprint density at radius 3 is 2.33 bits per heavy atom. The fourth-order valence-electron chi connectivity index (χ4n) is 1.31. The van der Waals surface area contributed by atoms with Crippen LogP contribution in [-0.2, 0) is 12.8 Å². The fourth-order valence-corrected chi connectivity index (χ4v) is 1.31. The van der Waals surface area contributed by atoms with Gasteiger partial charge in [-0.1, -0.05) is 31.2 Å². The summed E-state index contributed by atoms with van der Waals surface area (Å²) in [6, 6.07) is 6.37. The van der Waals surface area contributed by atoms with Gasteiger partial charge in [0.15, 0.2) is 0 Å². The van der Waals surface area contributed by atoms with Crippen LogP contribution < -0.4 is 0 Å². The first-order chi connectivity index (χ1) is 6.95. The quantitative estimate of drug-likeness (QED) is 0.679. The lowest BCUT2D eigenvalue weighted by Crippen LogP contribution is -2.29. The van der Waals surface area contributed by atoms with Gasteiger partial charge < -0.3 is 0 Å². The van der Waals surface area contributed by atoms with E-state index in [1.165, 1.54) is 12.1 Å². The van der Waals surface area contributed by atoms with Crippen molar-refractivity contribution < 1.29 is 17.6 Å². The zero-order valence-corrected chi connectivity index (χ0v) is 8.31. The van der Waals surface area contributed by atoms with Crippen LogP contribution in [0.1, 0.15) is 18.1 Å². The van der Waals surface area contributed by atoms with E-state index in [0.717, 1.165) is 5.56 Å². The van der Waals surface area contributed by atoms with Gasteiger partial charge in [0.1, 0.15) is 0 Å². The molecule has 0 N–H and O–H groups in total. The summed E-state index contributed by atoms with van der Waals surface area (Å²) in [4.78, 5) is 0. The third kappa shape index (κ3) is 3.22. The van der Waals surface area contributed by atoms with E-state index in [1.54, 1.807) is 12.1 Å². The van der Waals surface area contributed by atoms with E-state index in [0.29, 0.717) is 6.42 Å². The molecule has 0 aliphatic heterocycles. The highest BCUT2D eigenvalue weighted by Crippen LogP contribution is 2.27. The molecule has 0 unspecified atom stereocenters. The molecule has 4 heteroatoms. The predicted octanol–water partition coefficient (Wildman–Crippen LogP) is 3.69. The third-order valence-corrected chi connectivity index (χ3v) is 2.16. The lowest BCUT2D eigenvalue weighted by molar-refractivity contribution is -0.127. The fraction of sp³-hybridized carbons (Fsp3) is 0.455. The Hall–Kier alpha value is -1.06. The van der Waals surface area contributed by atoms with Crippen molar-refractivity contribution in [3.8, 4) is 0 Å².